The number of likely N-dealkylation sites (N-methyl/N-ethyl adjacent to an activating group) is 1. The molecule has 1 unspecified atom stereocenters. The third-order valence-corrected chi connectivity index (χ3v) is 7.11. The predicted octanol–water partition coefficient (Wildman–Crippen LogP) is 5.40. The van der Waals surface area contributed by atoms with E-state index in [2.05, 4.69) is 24.8 Å². The van der Waals surface area contributed by atoms with Crippen LogP contribution in [0.25, 0.3) is 17.2 Å². The third kappa shape index (κ3) is 5.85. The maximum absolute atomic E-state index is 13.5. The predicted molar refractivity (Wildman–Crippen MR) is 135 cm³/mol. The zero-order chi connectivity index (χ0) is 24.5. The number of hydrogen-bond acceptors (Lipinski definition) is 6. The molecular formula is C27H31NO5S. The number of ether oxygens (including phenoxy) is 2. The van der Waals surface area contributed by atoms with Crippen molar-refractivity contribution in [2.45, 2.75) is 24.5 Å². The Balaban J connectivity index is 1.95. The second-order valence-electron chi connectivity index (χ2n) is 7.60. The van der Waals surface area contributed by atoms with Gasteiger partial charge in [0, 0.05) is 22.6 Å². The van der Waals surface area contributed by atoms with Crippen LogP contribution in [0.1, 0.15) is 35.3 Å². The molecule has 3 rings (SSSR count). The topological polar surface area (TPSA) is 69.0 Å². The highest BCUT2D eigenvalue weighted by molar-refractivity contribution is 7.84. The zero-order valence-corrected chi connectivity index (χ0v) is 20.9. The molecule has 0 aliphatic rings. The summed E-state index contributed by atoms with van der Waals surface area (Å²) in [6.45, 7) is 7.03. The number of benzene rings is 2. The number of hydrogen-bond donors (Lipinski definition) is 0. The van der Waals surface area contributed by atoms with Crippen molar-refractivity contribution in [3.05, 3.63) is 77.8 Å². The molecule has 0 N–H and O–H groups in total. The van der Waals surface area contributed by atoms with Gasteiger partial charge in [-0.15, -0.1) is 0 Å². The van der Waals surface area contributed by atoms with Crippen molar-refractivity contribution in [2.24, 2.45) is 0 Å². The van der Waals surface area contributed by atoms with Gasteiger partial charge in [0.05, 0.1) is 43.3 Å². The van der Waals surface area contributed by atoms with Gasteiger partial charge in [-0.25, -0.2) is 4.79 Å². The Hall–Kier alpha value is -3.16. The van der Waals surface area contributed by atoms with Gasteiger partial charge in [-0.2, -0.15) is 0 Å². The van der Waals surface area contributed by atoms with Crippen LogP contribution in [-0.2, 0) is 21.3 Å². The molecule has 0 amide bonds. The first-order valence-electron chi connectivity index (χ1n) is 11.2. The highest BCUT2D eigenvalue weighted by Gasteiger charge is 2.24. The summed E-state index contributed by atoms with van der Waals surface area (Å²) in [5, 5.41) is 0. The van der Waals surface area contributed by atoms with Crippen LogP contribution in [-0.4, -0.2) is 48.9 Å². The number of furan rings is 1. The Kier molecular flexibility index (Phi) is 9.24. The van der Waals surface area contributed by atoms with Crippen molar-refractivity contribution >= 4 is 22.8 Å². The summed E-state index contributed by atoms with van der Waals surface area (Å²) in [7, 11) is 1.43. The quantitative estimate of drug-likeness (QED) is 0.341. The summed E-state index contributed by atoms with van der Waals surface area (Å²) >= 11 is 0. The second-order valence-corrected chi connectivity index (χ2v) is 9.02. The summed E-state index contributed by atoms with van der Waals surface area (Å²) in [6, 6.07) is 13.1. The maximum Gasteiger partial charge on any atom is 0.341 e. The van der Waals surface area contributed by atoms with Gasteiger partial charge in [0.2, 0.25) is 0 Å². The van der Waals surface area contributed by atoms with Crippen LogP contribution in [0.3, 0.4) is 0 Å². The van der Waals surface area contributed by atoms with Crippen LogP contribution in [0.4, 0.5) is 0 Å². The minimum absolute atomic E-state index is 0.146. The first-order chi connectivity index (χ1) is 16.5. The lowest BCUT2D eigenvalue weighted by Crippen LogP contribution is -2.22. The van der Waals surface area contributed by atoms with Crippen LogP contribution in [0.5, 0.6) is 5.75 Å². The van der Waals surface area contributed by atoms with E-state index in [9.17, 15) is 9.00 Å². The summed E-state index contributed by atoms with van der Waals surface area (Å²) in [5.74, 6) is -0.0235. The Morgan fingerprint density at radius 1 is 1.09 bits per heavy atom. The van der Waals surface area contributed by atoms with Crippen LogP contribution in [0, 0.1) is 0 Å². The highest BCUT2D eigenvalue weighted by atomic mass is 32.2. The molecule has 6 nitrogen and oxygen atoms in total. The number of nitrogens with zero attached hydrogens (tertiary/aromatic N) is 1. The molecule has 180 valence electrons. The van der Waals surface area contributed by atoms with E-state index in [4.69, 9.17) is 13.9 Å². The van der Waals surface area contributed by atoms with Gasteiger partial charge in [-0.05, 0) is 36.3 Å². The molecule has 7 heteroatoms. The minimum atomic E-state index is -1.39. The van der Waals surface area contributed by atoms with Gasteiger partial charge in [0.25, 0.3) is 0 Å². The average Bonchev–Trinajstić information content (AvgIpc) is 3.40. The lowest BCUT2D eigenvalue weighted by Gasteiger charge is -2.16. The van der Waals surface area contributed by atoms with Gasteiger partial charge in [-0.3, -0.25) is 4.21 Å². The summed E-state index contributed by atoms with van der Waals surface area (Å²) in [6.07, 6.45) is 7.23. The fourth-order valence-corrected chi connectivity index (χ4v) is 5.09. The van der Waals surface area contributed by atoms with E-state index in [1.54, 1.807) is 24.7 Å². The van der Waals surface area contributed by atoms with Gasteiger partial charge in [-0.1, -0.05) is 56.3 Å². The molecule has 0 aliphatic heterocycles. The molecule has 1 aromatic heterocycles. The van der Waals surface area contributed by atoms with Crippen LogP contribution >= 0.6 is 0 Å². The highest BCUT2D eigenvalue weighted by Crippen LogP contribution is 2.37. The van der Waals surface area contributed by atoms with Crippen LogP contribution in [0.2, 0.25) is 0 Å². The van der Waals surface area contributed by atoms with Crippen LogP contribution in [0.15, 0.2) is 70.4 Å². The normalized spacial score (nSPS) is 12.3. The van der Waals surface area contributed by atoms with Crippen molar-refractivity contribution in [1.29, 1.82) is 0 Å². The van der Waals surface area contributed by atoms with Crippen molar-refractivity contribution in [3.63, 3.8) is 0 Å². The fraction of sp³-hybridized carbons (Fsp3) is 0.296. The van der Waals surface area contributed by atoms with Gasteiger partial charge in [0.1, 0.15) is 11.3 Å². The van der Waals surface area contributed by atoms with Gasteiger partial charge in [0.15, 0.2) is 0 Å². The largest absolute Gasteiger partial charge is 0.495 e. The smallest absolute Gasteiger partial charge is 0.341 e. The summed E-state index contributed by atoms with van der Waals surface area (Å²) in [5.41, 5.74) is 3.24. The number of rotatable bonds is 11. The van der Waals surface area contributed by atoms with Crippen LogP contribution < -0.4 is 4.74 Å². The zero-order valence-electron chi connectivity index (χ0n) is 20.1. The number of methoxy groups -OCH3 is 2. The molecule has 0 fully saturated rings. The first-order valence-corrected chi connectivity index (χ1v) is 12.5. The maximum atomic E-state index is 13.5. The number of carbonyl (C=O) groups excluding carboxylic acids is 1. The van der Waals surface area contributed by atoms with Crippen molar-refractivity contribution in [1.82, 2.24) is 4.90 Å². The van der Waals surface area contributed by atoms with Gasteiger partial charge >= 0.3 is 5.97 Å². The molecule has 1 atom stereocenters. The van der Waals surface area contributed by atoms with E-state index in [0.717, 1.165) is 30.8 Å². The average molecular weight is 482 g/mol. The van der Waals surface area contributed by atoms with E-state index >= 15 is 0 Å². The Labute approximate surface area is 203 Å². The Morgan fingerprint density at radius 2 is 1.85 bits per heavy atom. The van der Waals surface area contributed by atoms with E-state index in [-0.39, 0.29) is 11.3 Å². The molecule has 0 spiro atoms. The van der Waals surface area contributed by atoms with E-state index < -0.39 is 16.8 Å². The minimum Gasteiger partial charge on any atom is -0.495 e. The lowest BCUT2D eigenvalue weighted by molar-refractivity contribution is 0.0596. The molecule has 3 aromatic rings. The van der Waals surface area contributed by atoms with Crippen molar-refractivity contribution in [2.75, 3.05) is 33.9 Å². The van der Waals surface area contributed by atoms with Gasteiger partial charge < -0.3 is 18.8 Å². The molecule has 34 heavy (non-hydrogen) atoms. The Morgan fingerprint density at radius 3 is 2.50 bits per heavy atom. The molecule has 0 saturated heterocycles. The molecule has 0 bridgehead atoms. The first kappa shape index (κ1) is 25.5. The number of carbonyl (C=O) groups is 1. The molecule has 0 saturated carbocycles. The fourth-order valence-electron chi connectivity index (χ4n) is 3.78. The second kappa shape index (κ2) is 12.3. The Bertz CT molecular complexity index is 1150. The molecule has 1 heterocycles. The van der Waals surface area contributed by atoms with E-state index in [1.165, 1.54) is 14.2 Å². The standard InChI is InChI=1S/C27H31NO5S/c1-5-28(6-2)16-9-11-20-10-7-8-12-24(20)34(30)19-22-13-14-23(21-15-17-33-18-21)26(31-3)25(22)27(29)32-4/h7-15,17-18H,5-6,16,19H2,1-4H3/b11-9-. The molecular weight excluding hydrogens is 450 g/mol. The summed E-state index contributed by atoms with van der Waals surface area (Å²) in [4.78, 5) is 15.8. The van der Waals surface area contributed by atoms with E-state index in [0.29, 0.717) is 21.8 Å². The number of esters is 1. The molecule has 0 radical (unpaired) electrons. The van der Waals surface area contributed by atoms with Crippen molar-refractivity contribution in [3.8, 4) is 16.9 Å². The monoisotopic (exact) mass is 481 g/mol. The summed E-state index contributed by atoms with van der Waals surface area (Å²) < 4.78 is 29.3. The SMILES string of the molecule is CCN(CC)C/C=C\c1ccccc1S(=O)Cc1ccc(-c2ccoc2)c(OC)c1C(=O)OC. The molecule has 0 aliphatic carbocycles. The lowest BCUT2D eigenvalue weighted by atomic mass is 9.99. The third-order valence-electron chi connectivity index (χ3n) is 5.68. The van der Waals surface area contributed by atoms with E-state index in [1.807, 2.05) is 36.4 Å². The molecule has 2 aromatic carbocycles. The van der Waals surface area contributed by atoms with Crippen molar-refractivity contribution < 1.29 is 22.9 Å².